The van der Waals surface area contributed by atoms with E-state index in [2.05, 4.69) is 24.3 Å². The Morgan fingerprint density at radius 3 is 1.68 bits per heavy atom. The summed E-state index contributed by atoms with van der Waals surface area (Å²) >= 11 is 0. The van der Waals surface area contributed by atoms with Crippen LogP contribution in [0.3, 0.4) is 0 Å². The minimum Gasteiger partial charge on any atom is -0.444 e. The van der Waals surface area contributed by atoms with Crippen molar-refractivity contribution in [1.29, 1.82) is 0 Å². The summed E-state index contributed by atoms with van der Waals surface area (Å²) in [7, 11) is -4.17. The molecule has 0 aliphatic carbocycles. The Labute approximate surface area is 223 Å². The van der Waals surface area contributed by atoms with Gasteiger partial charge in [0.2, 0.25) is 0 Å². The molecule has 2 saturated heterocycles. The van der Waals surface area contributed by atoms with Crippen molar-refractivity contribution in [2.45, 2.75) is 24.0 Å². The predicted molar refractivity (Wildman–Crippen MR) is 145 cm³/mol. The van der Waals surface area contributed by atoms with Gasteiger partial charge in [-0.3, -0.25) is 0 Å². The molecule has 38 heavy (non-hydrogen) atoms. The van der Waals surface area contributed by atoms with Crippen LogP contribution in [0.2, 0.25) is 0 Å². The molecule has 0 radical (unpaired) electrons. The molecular formula is C31H28N2O4S. The number of benzene rings is 4. The molecule has 6 rings (SSSR count). The molecule has 0 spiro atoms. The van der Waals surface area contributed by atoms with Gasteiger partial charge in [-0.2, -0.15) is 17.0 Å². The molecule has 4 aromatic carbocycles. The van der Waals surface area contributed by atoms with Crippen LogP contribution in [0.5, 0.6) is 0 Å². The molecule has 0 bridgehead atoms. The summed E-state index contributed by atoms with van der Waals surface area (Å²) in [6.07, 6.45) is -0.372. The maximum atomic E-state index is 14.1. The average molecular weight is 525 g/mol. The quantitative estimate of drug-likeness (QED) is 0.347. The highest BCUT2D eigenvalue weighted by atomic mass is 32.2. The van der Waals surface area contributed by atoms with E-state index < -0.39 is 27.3 Å². The number of carbonyl (C=O) groups is 1. The van der Waals surface area contributed by atoms with Gasteiger partial charge in [0.05, 0.1) is 12.1 Å². The predicted octanol–water partition coefficient (Wildman–Crippen LogP) is 5.47. The van der Waals surface area contributed by atoms with Crippen LogP contribution < -0.4 is 0 Å². The van der Waals surface area contributed by atoms with Crippen molar-refractivity contribution < 1.29 is 17.9 Å². The number of ether oxygens (including phenoxy) is 1. The van der Waals surface area contributed by atoms with E-state index in [-0.39, 0.29) is 19.7 Å². The molecule has 1 amide bonds. The fourth-order valence-electron chi connectivity index (χ4n) is 6.02. The summed E-state index contributed by atoms with van der Waals surface area (Å²) in [5, 5.41) is 0. The van der Waals surface area contributed by atoms with E-state index in [0.717, 1.165) is 26.6 Å². The van der Waals surface area contributed by atoms with Gasteiger partial charge in [-0.05, 0) is 28.7 Å². The molecule has 2 aliphatic heterocycles. The second-order valence-corrected chi connectivity index (χ2v) is 11.7. The first-order valence-electron chi connectivity index (χ1n) is 12.6. The fraction of sp³-hybridized carbons (Fsp3) is 0.194. The fourth-order valence-corrected chi connectivity index (χ4v) is 7.93. The standard InChI is InChI=1S/C31H28N2O4S/c34-29(37-21-25-13-5-1-6-14-25)32-24-31(28-19-11-4-12-20-28)22-30(23-33(31)38(32,35)36,26-15-7-2-8-16-26)27-17-9-3-10-18-27/h1-20H,21-24H2/t31-/m0/s1. The van der Waals surface area contributed by atoms with Gasteiger partial charge >= 0.3 is 16.3 Å². The van der Waals surface area contributed by atoms with Crippen LogP contribution in [0.4, 0.5) is 4.79 Å². The molecule has 1 atom stereocenters. The van der Waals surface area contributed by atoms with Gasteiger partial charge in [-0.25, -0.2) is 4.79 Å². The SMILES string of the molecule is O=C(OCc1ccccc1)N1C[C@]2(c3ccccc3)CC(c3ccccc3)(c3ccccc3)CN2S1(=O)=O. The zero-order valence-corrected chi connectivity index (χ0v) is 21.6. The Morgan fingerprint density at radius 2 is 1.16 bits per heavy atom. The molecular weight excluding hydrogens is 496 g/mol. The third kappa shape index (κ3) is 3.90. The van der Waals surface area contributed by atoms with Crippen LogP contribution in [0.1, 0.15) is 28.7 Å². The molecule has 2 heterocycles. The average Bonchev–Trinajstić information content (AvgIpc) is 3.45. The molecule has 0 unspecified atom stereocenters. The molecule has 2 fully saturated rings. The Hall–Kier alpha value is -3.94. The van der Waals surface area contributed by atoms with Gasteiger partial charge in [-0.15, -0.1) is 0 Å². The van der Waals surface area contributed by atoms with Crippen molar-refractivity contribution in [1.82, 2.24) is 8.61 Å². The smallest absolute Gasteiger partial charge is 0.425 e. The van der Waals surface area contributed by atoms with E-state index >= 15 is 0 Å². The monoisotopic (exact) mass is 524 g/mol. The van der Waals surface area contributed by atoms with Gasteiger partial charge in [-0.1, -0.05) is 121 Å². The van der Waals surface area contributed by atoms with Crippen LogP contribution >= 0.6 is 0 Å². The lowest BCUT2D eigenvalue weighted by Crippen LogP contribution is -2.41. The van der Waals surface area contributed by atoms with E-state index in [1.54, 1.807) is 0 Å². The minimum atomic E-state index is -4.17. The lowest BCUT2D eigenvalue weighted by molar-refractivity contribution is 0.116. The first-order chi connectivity index (χ1) is 18.5. The van der Waals surface area contributed by atoms with Crippen molar-refractivity contribution in [3.05, 3.63) is 144 Å². The summed E-state index contributed by atoms with van der Waals surface area (Å²) in [5.41, 5.74) is 2.20. The summed E-state index contributed by atoms with van der Waals surface area (Å²) in [6, 6.07) is 39.0. The first-order valence-corrected chi connectivity index (χ1v) is 14.0. The number of rotatable bonds is 5. The lowest BCUT2D eigenvalue weighted by atomic mass is 9.69. The van der Waals surface area contributed by atoms with Gasteiger partial charge in [0.25, 0.3) is 0 Å². The highest BCUT2D eigenvalue weighted by Crippen LogP contribution is 2.57. The third-order valence-corrected chi connectivity index (χ3v) is 9.69. The molecule has 192 valence electrons. The molecule has 0 N–H and O–H groups in total. The maximum absolute atomic E-state index is 14.1. The van der Waals surface area contributed by atoms with E-state index in [9.17, 15) is 13.2 Å². The van der Waals surface area contributed by atoms with Crippen molar-refractivity contribution >= 4 is 16.3 Å². The molecule has 7 heteroatoms. The second kappa shape index (κ2) is 9.42. The number of carbonyl (C=O) groups excluding carboxylic acids is 1. The Balaban J connectivity index is 1.44. The van der Waals surface area contributed by atoms with Crippen LogP contribution in [-0.2, 0) is 32.5 Å². The number of fused-ring (bicyclic) bond motifs is 1. The van der Waals surface area contributed by atoms with Gasteiger partial charge in [0.1, 0.15) is 6.61 Å². The summed E-state index contributed by atoms with van der Waals surface area (Å²) in [6.45, 7) is 0.192. The van der Waals surface area contributed by atoms with E-state index in [4.69, 9.17) is 4.74 Å². The Kier molecular flexibility index (Phi) is 6.05. The van der Waals surface area contributed by atoms with E-state index in [1.807, 2.05) is 97.1 Å². The van der Waals surface area contributed by atoms with E-state index in [0.29, 0.717) is 6.42 Å². The van der Waals surface area contributed by atoms with Gasteiger partial charge in [0, 0.05) is 12.0 Å². The largest absolute Gasteiger partial charge is 0.444 e. The lowest BCUT2D eigenvalue weighted by Gasteiger charge is -2.34. The molecule has 4 aromatic rings. The maximum Gasteiger partial charge on any atom is 0.425 e. The number of amides is 1. The molecule has 6 nitrogen and oxygen atoms in total. The van der Waals surface area contributed by atoms with Crippen molar-refractivity contribution in [2.24, 2.45) is 0 Å². The van der Waals surface area contributed by atoms with Crippen molar-refractivity contribution in [2.75, 3.05) is 13.1 Å². The van der Waals surface area contributed by atoms with Crippen molar-refractivity contribution in [3.63, 3.8) is 0 Å². The molecule has 0 saturated carbocycles. The van der Waals surface area contributed by atoms with Crippen molar-refractivity contribution in [3.8, 4) is 0 Å². The second-order valence-electron chi connectivity index (χ2n) is 9.95. The zero-order chi connectivity index (χ0) is 26.2. The molecule has 0 aromatic heterocycles. The molecule has 2 aliphatic rings. The number of hydrogen-bond donors (Lipinski definition) is 0. The number of nitrogens with zero attached hydrogens (tertiary/aromatic N) is 2. The van der Waals surface area contributed by atoms with Crippen LogP contribution in [0.25, 0.3) is 0 Å². The Bertz CT molecular complexity index is 1490. The zero-order valence-electron chi connectivity index (χ0n) is 20.8. The first kappa shape index (κ1) is 24.4. The van der Waals surface area contributed by atoms with Gasteiger partial charge in [0.15, 0.2) is 0 Å². The highest BCUT2D eigenvalue weighted by Gasteiger charge is 2.66. The number of hydrogen-bond acceptors (Lipinski definition) is 4. The topological polar surface area (TPSA) is 66.9 Å². The van der Waals surface area contributed by atoms with Crippen LogP contribution in [0, 0.1) is 0 Å². The normalized spacial score (nSPS) is 21.6. The minimum absolute atomic E-state index is 0.00198. The summed E-state index contributed by atoms with van der Waals surface area (Å²) in [4.78, 5) is 13.2. The Morgan fingerprint density at radius 1 is 0.684 bits per heavy atom. The summed E-state index contributed by atoms with van der Waals surface area (Å²) < 4.78 is 36.1. The highest BCUT2D eigenvalue weighted by molar-refractivity contribution is 7.87. The third-order valence-electron chi connectivity index (χ3n) is 7.82. The van der Waals surface area contributed by atoms with Gasteiger partial charge < -0.3 is 4.74 Å². The van der Waals surface area contributed by atoms with Crippen LogP contribution in [-0.4, -0.2) is 36.2 Å². The summed E-state index contributed by atoms with van der Waals surface area (Å²) in [5.74, 6) is 0. The van der Waals surface area contributed by atoms with E-state index in [1.165, 1.54) is 4.31 Å². The van der Waals surface area contributed by atoms with Crippen LogP contribution in [0.15, 0.2) is 121 Å².